The van der Waals surface area contributed by atoms with Gasteiger partial charge in [-0.1, -0.05) is 0 Å². The van der Waals surface area contributed by atoms with Crippen molar-refractivity contribution >= 4 is 42.2 Å². The third kappa shape index (κ3) is 10.0. The summed E-state index contributed by atoms with van der Waals surface area (Å²) in [7, 11) is 0. The summed E-state index contributed by atoms with van der Waals surface area (Å²) in [5.74, 6) is -0.609. The summed E-state index contributed by atoms with van der Waals surface area (Å²) in [6.07, 6.45) is 2.07. The van der Waals surface area contributed by atoms with Crippen LogP contribution in [-0.2, 0) is 19.4 Å². The van der Waals surface area contributed by atoms with Crippen molar-refractivity contribution in [1.29, 1.82) is 0 Å². The molecule has 0 heterocycles. The fourth-order valence-corrected chi connectivity index (χ4v) is 5.37. The van der Waals surface area contributed by atoms with Gasteiger partial charge in [-0.3, -0.25) is 0 Å². The van der Waals surface area contributed by atoms with Crippen LogP contribution in [0, 0.1) is 0 Å². The van der Waals surface area contributed by atoms with Crippen molar-refractivity contribution in [2.75, 3.05) is 24.6 Å². The Balaban J connectivity index is 1.76. The predicted molar refractivity (Wildman–Crippen MR) is 117 cm³/mol. The van der Waals surface area contributed by atoms with E-state index in [4.69, 9.17) is 15.3 Å². The molecular weight excluding hydrogens is 518 g/mol. The first-order valence-electron chi connectivity index (χ1n) is 9.96. The number of carbonyl (C=O) groups excluding carboxylic acids is 2. The summed E-state index contributed by atoms with van der Waals surface area (Å²) in [6, 6.07) is 17.8. The zero-order valence-electron chi connectivity index (χ0n) is 17.1. The fraction of sp³-hybridized carbons (Fsp3) is 0.364. The summed E-state index contributed by atoms with van der Waals surface area (Å²) in [5, 5.41) is 16.9. The Morgan fingerprint density at radius 3 is 2.03 bits per heavy atom. The molecule has 0 aliphatic rings. The number of hydrogen-bond donors (Lipinski definition) is 2. The third-order valence-corrected chi connectivity index (χ3v) is 7.53. The van der Waals surface area contributed by atoms with Gasteiger partial charge in [0.15, 0.2) is 0 Å². The topological polar surface area (TPSA) is 106 Å². The van der Waals surface area contributed by atoms with Gasteiger partial charge in [-0.2, -0.15) is 0 Å². The van der Waals surface area contributed by atoms with Crippen molar-refractivity contribution in [3.63, 3.8) is 0 Å². The number of unbranched alkanes of at least 4 members (excludes halogenated alkanes) is 1. The number of benzene rings is 2. The molecule has 0 bridgehead atoms. The molecule has 0 aliphatic carbocycles. The Morgan fingerprint density at radius 1 is 0.839 bits per heavy atom. The molecule has 2 aromatic carbocycles. The number of nitrogens with zero attached hydrogens (tertiary/aromatic N) is 1. The first kappa shape index (κ1) is 25.0. The van der Waals surface area contributed by atoms with Crippen molar-refractivity contribution in [3.8, 4) is 5.75 Å². The third-order valence-electron chi connectivity index (χ3n) is 4.40. The first-order chi connectivity index (χ1) is 15.1. The van der Waals surface area contributed by atoms with E-state index in [0.717, 1.165) is 30.9 Å². The summed E-state index contributed by atoms with van der Waals surface area (Å²) in [4.78, 5) is 31.7. The van der Waals surface area contributed by atoms with Gasteiger partial charge in [0, 0.05) is 0 Å². The zero-order valence-corrected chi connectivity index (χ0v) is 19.5. The minimum atomic E-state index is -0.755. The Kier molecular flexibility index (Phi) is 11.8. The quantitative estimate of drug-likeness (QED) is 0.162. The van der Waals surface area contributed by atoms with E-state index in [0.29, 0.717) is 0 Å². The molecule has 0 fully saturated rings. The van der Waals surface area contributed by atoms with E-state index in [1.807, 2.05) is 42.5 Å². The molecule has 2 rings (SSSR count). The number of carbonyl (C=O) groups is 2. The second kappa shape index (κ2) is 14.7. The first-order valence-corrected chi connectivity index (χ1v) is 12.8. The molecule has 0 unspecified atom stereocenters. The summed E-state index contributed by atoms with van der Waals surface area (Å²) in [6.45, 7) is 1.24. The number of rotatable bonds is 14. The molecule has 0 spiro atoms. The summed E-state index contributed by atoms with van der Waals surface area (Å²) in [5.41, 5.74) is 0.837. The van der Waals surface area contributed by atoms with Crippen molar-refractivity contribution in [1.82, 2.24) is 0 Å². The number of ether oxygens (including phenoxy) is 1. The average Bonchev–Trinajstić information content (AvgIpc) is 2.82. The van der Waals surface area contributed by atoms with E-state index < -0.39 is 11.9 Å². The van der Waals surface area contributed by atoms with Crippen LogP contribution in [0.1, 0.15) is 25.7 Å². The Labute approximate surface area is 191 Å². The molecule has 0 amide bonds. The van der Waals surface area contributed by atoms with Crippen LogP contribution >= 0.6 is 0 Å². The standard InChI is InChI=1S/C22H27NO7Te/c24-21(29-26)12-14-23(15-13-22(25)30-27)18-8-10-20(11-9-18)31-17-5-4-16-28-19-6-2-1-3-7-19/h1-3,6-11,26-27H,4-5,12-17H2. The molecule has 2 aromatic rings. The van der Waals surface area contributed by atoms with Crippen molar-refractivity contribution in [3.05, 3.63) is 54.6 Å². The van der Waals surface area contributed by atoms with Gasteiger partial charge in [-0.05, 0) is 0 Å². The van der Waals surface area contributed by atoms with Crippen molar-refractivity contribution in [2.24, 2.45) is 0 Å². The number of para-hydroxylation sites is 1. The van der Waals surface area contributed by atoms with E-state index >= 15 is 0 Å². The Morgan fingerprint density at radius 2 is 1.45 bits per heavy atom. The predicted octanol–water partition coefficient (Wildman–Crippen LogP) is 2.91. The number of hydrogen-bond acceptors (Lipinski definition) is 8. The maximum atomic E-state index is 11.2. The van der Waals surface area contributed by atoms with Crippen LogP contribution in [0.2, 0.25) is 4.47 Å². The molecule has 168 valence electrons. The molecule has 8 nitrogen and oxygen atoms in total. The second-order valence-electron chi connectivity index (χ2n) is 6.62. The normalized spacial score (nSPS) is 10.4. The maximum absolute atomic E-state index is 11.2. The average molecular weight is 545 g/mol. The molecule has 0 saturated carbocycles. The molecule has 0 radical (unpaired) electrons. The van der Waals surface area contributed by atoms with E-state index in [-0.39, 0.29) is 46.9 Å². The molecule has 9 heteroatoms. The Bertz CT molecular complexity index is 766. The summed E-state index contributed by atoms with van der Waals surface area (Å²) >= 11 is -0.302. The van der Waals surface area contributed by atoms with Crippen LogP contribution in [0.5, 0.6) is 5.75 Å². The van der Waals surface area contributed by atoms with Crippen LogP contribution in [0.3, 0.4) is 0 Å². The second-order valence-corrected chi connectivity index (χ2v) is 9.96. The van der Waals surface area contributed by atoms with Crippen LogP contribution in [0.25, 0.3) is 0 Å². The van der Waals surface area contributed by atoms with E-state index in [1.54, 1.807) is 4.90 Å². The molecule has 0 aromatic heterocycles. The van der Waals surface area contributed by atoms with E-state index in [9.17, 15) is 9.59 Å². The van der Waals surface area contributed by atoms with Crippen molar-refractivity contribution in [2.45, 2.75) is 30.2 Å². The fourth-order valence-electron chi connectivity index (χ4n) is 2.77. The van der Waals surface area contributed by atoms with Crippen LogP contribution in [0.15, 0.2) is 54.6 Å². The van der Waals surface area contributed by atoms with Gasteiger partial charge in [0.05, 0.1) is 0 Å². The van der Waals surface area contributed by atoms with Crippen LogP contribution < -0.4 is 13.2 Å². The number of anilines is 1. The van der Waals surface area contributed by atoms with Gasteiger partial charge in [-0.15, -0.1) is 0 Å². The van der Waals surface area contributed by atoms with Gasteiger partial charge in [0.1, 0.15) is 0 Å². The van der Waals surface area contributed by atoms with Crippen molar-refractivity contribution < 1.29 is 34.6 Å². The molecule has 0 saturated heterocycles. The minimum absolute atomic E-state index is 0.0360. The van der Waals surface area contributed by atoms with Crippen LogP contribution in [0.4, 0.5) is 5.69 Å². The SMILES string of the molecule is O=C(CCN(CCC(=O)OO)c1ccc([Te]CCCCOc2ccccc2)cc1)OO. The molecule has 2 N–H and O–H groups in total. The monoisotopic (exact) mass is 547 g/mol. The zero-order chi connectivity index (χ0) is 22.3. The molecule has 31 heavy (non-hydrogen) atoms. The Hall–Kier alpha value is -2.31. The summed E-state index contributed by atoms with van der Waals surface area (Å²) < 4.78 is 8.21. The van der Waals surface area contributed by atoms with E-state index in [2.05, 4.69) is 21.9 Å². The molecular formula is C22H27NO7Te. The van der Waals surface area contributed by atoms with Gasteiger partial charge in [0.25, 0.3) is 0 Å². The van der Waals surface area contributed by atoms with Gasteiger partial charge >= 0.3 is 192 Å². The van der Waals surface area contributed by atoms with Gasteiger partial charge in [0.2, 0.25) is 0 Å². The van der Waals surface area contributed by atoms with E-state index in [1.165, 1.54) is 8.08 Å². The van der Waals surface area contributed by atoms with Gasteiger partial charge < -0.3 is 0 Å². The van der Waals surface area contributed by atoms with Crippen LogP contribution in [-0.4, -0.2) is 63.1 Å². The van der Waals surface area contributed by atoms with Gasteiger partial charge in [-0.25, -0.2) is 0 Å². The molecule has 0 atom stereocenters. The molecule has 0 aliphatic heterocycles.